The molecule has 1 saturated carbocycles. The van der Waals surface area contributed by atoms with Crippen molar-refractivity contribution in [3.05, 3.63) is 0 Å². The van der Waals surface area contributed by atoms with Gasteiger partial charge in [0.1, 0.15) is 0 Å². The molecule has 1 fully saturated rings. The predicted octanol–water partition coefficient (Wildman–Crippen LogP) is 2.78. The summed E-state index contributed by atoms with van der Waals surface area (Å²) in [5.74, 6) is 0.527. The van der Waals surface area contributed by atoms with Crippen molar-refractivity contribution in [1.82, 2.24) is 0 Å². The molecular formula is C11H20O2. The van der Waals surface area contributed by atoms with E-state index < -0.39 is 11.4 Å². The molecule has 1 N–H and O–H groups in total. The van der Waals surface area contributed by atoms with Crippen LogP contribution in [0.2, 0.25) is 0 Å². The van der Waals surface area contributed by atoms with E-state index in [-0.39, 0.29) is 0 Å². The lowest BCUT2D eigenvalue weighted by molar-refractivity contribution is -0.153. The van der Waals surface area contributed by atoms with Crippen molar-refractivity contribution in [3.63, 3.8) is 0 Å². The van der Waals surface area contributed by atoms with Gasteiger partial charge in [0.2, 0.25) is 0 Å². The zero-order valence-electron chi connectivity index (χ0n) is 9.00. The highest BCUT2D eigenvalue weighted by molar-refractivity contribution is 5.75. The van der Waals surface area contributed by atoms with E-state index in [4.69, 9.17) is 0 Å². The maximum absolute atomic E-state index is 11.2. The third kappa shape index (κ3) is 1.47. The number of hydrogen-bond donors (Lipinski definition) is 1. The van der Waals surface area contributed by atoms with Crippen molar-refractivity contribution in [2.24, 2.45) is 23.2 Å². The minimum Gasteiger partial charge on any atom is -0.481 e. The van der Waals surface area contributed by atoms with Crippen LogP contribution < -0.4 is 0 Å². The lowest BCUT2D eigenvalue weighted by atomic mass is 9.70. The van der Waals surface area contributed by atoms with Crippen LogP contribution in [0.3, 0.4) is 0 Å². The number of carboxylic acids is 1. The summed E-state index contributed by atoms with van der Waals surface area (Å²) in [5.41, 5.74) is -0.492. The highest BCUT2D eigenvalue weighted by Crippen LogP contribution is 2.50. The Hall–Kier alpha value is -0.530. The molecular weight excluding hydrogens is 164 g/mol. The van der Waals surface area contributed by atoms with Gasteiger partial charge in [-0.25, -0.2) is 0 Å². The Morgan fingerprint density at radius 3 is 2.31 bits per heavy atom. The Balaban J connectivity index is 2.94. The highest BCUT2D eigenvalue weighted by Gasteiger charge is 2.50. The summed E-state index contributed by atoms with van der Waals surface area (Å²) in [6.45, 7) is 8.24. The zero-order valence-corrected chi connectivity index (χ0v) is 9.00. The molecule has 0 spiro atoms. The standard InChI is InChI=1S/C11H20O2/c1-7(2)9-6-5-8(3)11(9,4)10(12)13/h7-9H,5-6H2,1-4H3,(H,12,13). The molecule has 1 aliphatic carbocycles. The SMILES string of the molecule is CC(C)C1CCC(C)C1(C)C(=O)O. The number of rotatable bonds is 2. The van der Waals surface area contributed by atoms with E-state index in [9.17, 15) is 9.90 Å². The van der Waals surface area contributed by atoms with Crippen molar-refractivity contribution in [2.75, 3.05) is 0 Å². The minimum absolute atomic E-state index is 0.317. The first-order valence-electron chi connectivity index (χ1n) is 5.14. The Kier molecular flexibility index (Phi) is 2.69. The molecule has 0 amide bonds. The second-order valence-electron chi connectivity index (χ2n) is 4.92. The monoisotopic (exact) mass is 184 g/mol. The van der Waals surface area contributed by atoms with Crippen molar-refractivity contribution in [1.29, 1.82) is 0 Å². The molecule has 1 aliphatic rings. The van der Waals surface area contributed by atoms with E-state index in [0.717, 1.165) is 12.8 Å². The largest absolute Gasteiger partial charge is 0.481 e. The van der Waals surface area contributed by atoms with Gasteiger partial charge in [-0.3, -0.25) is 4.79 Å². The first-order chi connectivity index (χ1) is 5.90. The van der Waals surface area contributed by atoms with E-state index in [0.29, 0.717) is 17.8 Å². The van der Waals surface area contributed by atoms with Crippen LogP contribution >= 0.6 is 0 Å². The molecule has 0 aromatic rings. The van der Waals surface area contributed by atoms with Gasteiger partial charge in [-0.1, -0.05) is 20.8 Å². The summed E-state index contributed by atoms with van der Waals surface area (Å²) < 4.78 is 0. The molecule has 0 aromatic carbocycles. The summed E-state index contributed by atoms with van der Waals surface area (Å²) in [4.78, 5) is 11.2. The average molecular weight is 184 g/mol. The van der Waals surface area contributed by atoms with Crippen molar-refractivity contribution in [2.45, 2.75) is 40.5 Å². The van der Waals surface area contributed by atoms with Gasteiger partial charge >= 0.3 is 5.97 Å². The van der Waals surface area contributed by atoms with Gasteiger partial charge in [0, 0.05) is 0 Å². The lowest BCUT2D eigenvalue weighted by Crippen LogP contribution is -2.38. The van der Waals surface area contributed by atoms with E-state index >= 15 is 0 Å². The maximum Gasteiger partial charge on any atom is 0.309 e. The highest BCUT2D eigenvalue weighted by atomic mass is 16.4. The maximum atomic E-state index is 11.2. The van der Waals surface area contributed by atoms with Gasteiger partial charge in [-0.05, 0) is 37.5 Å². The van der Waals surface area contributed by atoms with Gasteiger partial charge < -0.3 is 5.11 Å². The smallest absolute Gasteiger partial charge is 0.309 e. The molecule has 0 bridgehead atoms. The van der Waals surface area contributed by atoms with Crippen LogP contribution in [0.1, 0.15) is 40.5 Å². The number of carbonyl (C=O) groups is 1. The van der Waals surface area contributed by atoms with Crippen LogP contribution in [-0.4, -0.2) is 11.1 Å². The first kappa shape index (κ1) is 10.6. The Labute approximate surface area is 80.3 Å². The fourth-order valence-electron chi connectivity index (χ4n) is 2.79. The third-order valence-corrected chi connectivity index (χ3v) is 3.97. The first-order valence-corrected chi connectivity index (χ1v) is 5.14. The second kappa shape index (κ2) is 3.32. The van der Waals surface area contributed by atoms with E-state index in [2.05, 4.69) is 20.8 Å². The summed E-state index contributed by atoms with van der Waals surface area (Å²) in [6.07, 6.45) is 2.13. The molecule has 76 valence electrons. The van der Waals surface area contributed by atoms with Gasteiger partial charge in [0.05, 0.1) is 5.41 Å². The zero-order chi connectivity index (χ0) is 10.2. The van der Waals surface area contributed by atoms with E-state index in [1.54, 1.807) is 0 Å². The fourth-order valence-corrected chi connectivity index (χ4v) is 2.79. The number of aliphatic carboxylic acids is 1. The number of carboxylic acid groups (broad SMARTS) is 1. The molecule has 0 saturated heterocycles. The topological polar surface area (TPSA) is 37.3 Å². The van der Waals surface area contributed by atoms with Crippen LogP contribution in [0.4, 0.5) is 0 Å². The minimum atomic E-state index is -0.615. The normalized spacial score (nSPS) is 39.8. The summed E-state index contributed by atoms with van der Waals surface area (Å²) in [6, 6.07) is 0. The molecule has 0 heterocycles. The molecule has 0 radical (unpaired) electrons. The molecule has 2 heteroatoms. The van der Waals surface area contributed by atoms with E-state index in [1.807, 2.05) is 6.92 Å². The van der Waals surface area contributed by atoms with Gasteiger partial charge in [-0.15, -0.1) is 0 Å². The van der Waals surface area contributed by atoms with Crippen LogP contribution in [-0.2, 0) is 4.79 Å². The molecule has 3 atom stereocenters. The predicted molar refractivity (Wildman–Crippen MR) is 52.5 cm³/mol. The van der Waals surface area contributed by atoms with Crippen LogP contribution in [0, 0.1) is 23.2 Å². The molecule has 13 heavy (non-hydrogen) atoms. The third-order valence-electron chi connectivity index (χ3n) is 3.97. The van der Waals surface area contributed by atoms with Crippen molar-refractivity contribution < 1.29 is 9.90 Å². The van der Waals surface area contributed by atoms with Gasteiger partial charge in [0.25, 0.3) is 0 Å². The quantitative estimate of drug-likeness (QED) is 0.716. The van der Waals surface area contributed by atoms with Crippen LogP contribution in [0.5, 0.6) is 0 Å². The Morgan fingerprint density at radius 2 is 2.00 bits per heavy atom. The molecule has 1 rings (SSSR count). The van der Waals surface area contributed by atoms with Crippen LogP contribution in [0.25, 0.3) is 0 Å². The van der Waals surface area contributed by atoms with Crippen molar-refractivity contribution in [3.8, 4) is 0 Å². The van der Waals surface area contributed by atoms with Crippen LogP contribution in [0.15, 0.2) is 0 Å². The second-order valence-corrected chi connectivity index (χ2v) is 4.92. The lowest BCUT2D eigenvalue weighted by Gasteiger charge is -2.33. The Bertz CT molecular complexity index is 210. The molecule has 0 aliphatic heterocycles. The van der Waals surface area contributed by atoms with Crippen molar-refractivity contribution >= 4 is 5.97 Å². The van der Waals surface area contributed by atoms with Gasteiger partial charge in [-0.2, -0.15) is 0 Å². The summed E-state index contributed by atoms with van der Waals surface area (Å²) >= 11 is 0. The molecule has 3 unspecified atom stereocenters. The summed E-state index contributed by atoms with van der Waals surface area (Å²) in [5, 5.41) is 9.26. The molecule has 2 nitrogen and oxygen atoms in total. The summed E-state index contributed by atoms with van der Waals surface area (Å²) in [7, 11) is 0. The van der Waals surface area contributed by atoms with E-state index in [1.165, 1.54) is 0 Å². The fraction of sp³-hybridized carbons (Fsp3) is 0.909. The molecule has 0 aromatic heterocycles. The number of hydrogen-bond acceptors (Lipinski definition) is 1. The average Bonchev–Trinajstić information content (AvgIpc) is 2.30. The van der Waals surface area contributed by atoms with Gasteiger partial charge in [0.15, 0.2) is 0 Å². The Morgan fingerprint density at radius 1 is 1.46 bits per heavy atom.